The Morgan fingerprint density at radius 2 is 1.54 bits per heavy atom. The molecule has 0 bridgehead atoms. The lowest BCUT2D eigenvalue weighted by Crippen LogP contribution is -2.14. The van der Waals surface area contributed by atoms with Crippen molar-refractivity contribution in [2.75, 3.05) is 5.32 Å². The topological polar surface area (TPSA) is 70.7 Å². The maximum absolute atomic E-state index is 10.4. The highest BCUT2D eigenvalue weighted by Gasteiger charge is 2.19. The number of nitrogens with one attached hydrogen (secondary N) is 1. The van der Waals surface area contributed by atoms with Gasteiger partial charge >= 0.3 is 5.95 Å². The predicted molar refractivity (Wildman–Crippen MR) is 111 cm³/mol. The molecule has 0 radical (unpaired) electrons. The first-order chi connectivity index (χ1) is 13.7. The highest BCUT2D eigenvalue weighted by atomic mass is 16.5. The normalized spacial score (nSPS) is 11.4. The fourth-order valence-electron chi connectivity index (χ4n) is 2.72. The number of hydrogen-bond donors (Lipinski definition) is 2. The zero-order valence-corrected chi connectivity index (χ0v) is 15.3. The minimum atomic E-state index is -0.284. The molecule has 3 aromatic carbocycles. The molecule has 1 aromatic heterocycles. The number of anilines is 1. The first-order valence-electron chi connectivity index (χ1n) is 8.92. The van der Waals surface area contributed by atoms with Crippen molar-refractivity contribution in [1.82, 2.24) is 4.98 Å². The number of aromatic hydroxyl groups is 1. The summed E-state index contributed by atoms with van der Waals surface area (Å²) in [4.78, 5) is 9.12. The van der Waals surface area contributed by atoms with Crippen LogP contribution in [0.1, 0.15) is 11.3 Å². The van der Waals surface area contributed by atoms with Crippen LogP contribution >= 0.6 is 0 Å². The summed E-state index contributed by atoms with van der Waals surface area (Å²) in [7, 11) is 0. The van der Waals surface area contributed by atoms with E-state index in [4.69, 9.17) is 4.42 Å². The van der Waals surface area contributed by atoms with Gasteiger partial charge in [-0.3, -0.25) is 0 Å². The minimum Gasteiger partial charge on any atom is -0.479 e. The van der Waals surface area contributed by atoms with Crippen LogP contribution in [0.4, 0.5) is 11.4 Å². The third-order valence-corrected chi connectivity index (χ3v) is 4.17. The van der Waals surface area contributed by atoms with Gasteiger partial charge in [-0.15, -0.1) is 0 Å². The Balaban J connectivity index is 1.76. The largest absolute Gasteiger partial charge is 0.479 e. The van der Waals surface area contributed by atoms with Crippen molar-refractivity contribution >= 4 is 17.2 Å². The zero-order valence-electron chi connectivity index (χ0n) is 15.3. The van der Waals surface area contributed by atoms with E-state index in [1.165, 1.54) is 0 Å². The van der Waals surface area contributed by atoms with Crippen LogP contribution in [0, 0.1) is 6.92 Å². The molecule has 0 atom stereocenters. The number of aryl methyl sites for hydroxylation is 1. The maximum Gasteiger partial charge on any atom is 0.314 e. The van der Waals surface area contributed by atoms with Gasteiger partial charge in [0, 0.05) is 11.3 Å². The fourth-order valence-corrected chi connectivity index (χ4v) is 2.72. The Kier molecular flexibility index (Phi) is 4.89. The lowest BCUT2D eigenvalue weighted by atomic mass is 10.1. The van der Waals surface area contributed by atoms with Gasteiger partial charge in [0.05, 0.1) is 5.69 Å². The SMILES string of the molecule is Cc1ccc(-c2nc(C(=Nc3ccccc3)Nc3ccccc3)c(O)o2)cc1. The summed E-state index contributed by atoms with van der Waals surface area (Å²) >= 11 is 0. The monoisotopic (exact) mass is 369 g/mol. The van der Waals surface area contributed by atoms with E-state index in [-0.39, 0.29) is 11.6 Å². The van der Waals surface area contributed by atoms with Crippen LogP contribution in [0.5, 0.6) is 5.95 Å². The first kappa shape index (κ1) is 17.5. The summed E-state index contributed by atoms with van der Waals surface area (Å²) in [5.74, 6) is 0.453. The molecular formula is C23H19N3O2. The molecule has 4 rings (SSSR count). The average molecular weight is 369 g/mol. The van der Waals surface area contributed by atoms with E-state index in [2.05, 4.69) is 15.3 Å². The van der Waals surface area contributed by atoms with Crippen molar-refractivity contribution in [3.05, 3.63) is 96.2 Å². The average Bonchev–Trinajstić information content (AvgIpc) is 3.11. The molecule has 2 N–H and O–H groups in total. The van der Waals surface area contributed by atoms with Gasteiger partial charge in [-0.2, -0.15) is 0 Å². The summed E-state index contributed by atoms with van der Waals surface area (Å²) in [6.45, 7) is 2.01. The smallest absolute Gasteiger partial charge is 0.314 e. The van der Waals surface area contributed by atoms with Crippen LogP contribution in [0.2, 0.25) is 0 Å². The van der Waals surface area contributed by atoms with Crippen molar-refractivity contribution in [2.45, 2.75) is 6.92 Å². The molecule has 0 saturated heterocycles. The standard InChI is InChI=1S/C23H19N3O2/c1-16-12-14-17(15-13-16)22-26-20(23(27)28-22)21(24-18-8-4-2-5-9-18)25-19-10-6-3-7-11-19/h2-15,27H,1H3,(H,24,25). The summed E-state index contributed by atoms with van der Waals surface area (Å²) in [6, 6.07) is 26.8. The van der Waals surface area contributed by atoms with E-state index in [1.54, 1.807) is 0 Å². The molecule has 0 fully saturated rings. The molecule has 4 aromatic rings. The second-order valence-corrected chi connectivity index (χ2v) is 6.33. The quantitative estimate of drug-likeness (QED) is 0.366. The second kappa shape index (κ2) is 7.80. The lowest BCUT2D eigenvalue weighted by molar-refractivity contribution is 0.336. The van der Waals surface area contributed by atoms with Gasteiger partial charge in [0.15, 0.2) is 11.5 Å². The number of oxazole rings is 1. The molecule has 0 saturated carbocycles. The van der Waals surface area contributed by atoms with Gasteiger partial charge in [-0.05, 0) is 43.3 Å². The Morgan fingerprint density at radius 1 is 0.893 bits per heavy atom. The summed E-state index contributed by atoms with van der Waals surface area (Å²) < 4.78 is 5.52. The van der Waals surface area contributed by atoms with E-state index in [0.29, 0.717) is 11.7 Å². The Labute approximate surface area is 163 Å². The fraction of sp³-hybridized carbons (Fsp3) is 0.0435. The highest BCUT2D eigenvalue weighted by molar-refractivity contribution is 6.09. The van der Waals surface area contributed by atoms with Gasteiger partial charge in [0.2, 0.25) is 5.89 Å². The molecular weight excluding hydrogens is 350 g/mol. The molecule has 0 aliphatic heterocycles. The Morgan fingerprint density at radius 3 is 2.21 bits per heavy atom. The predicted octanol–water partition coefficient (Wildman–Crippen LogP) is 5.55. The summed E-state index contributed by atoms with van der Waals surface area (Å²) in [6.07, 6.45) is 0. The van der Waals surface area contributed by atoms with Crippen molar-refractivity contribution in [3.63, 3.8) is 0 Å². The van der Waals surface area contributed by atoms with E-state index < -0.39 is 0 Å². The number of aromatic nitrogens is 1. The maximum atomic E-state index is 10.4. The molecule has 5 heteroatoms. The van der Waals surface area contributed by atoms with Crippen LogP contribution in [0.3, 0.4) is 0 Å². The van der Waals surface area contributed by atoms with Gasteiger partial charge in [0.1, 0.15) is 0 Å². The Bertz CT molecular complexity index is 1090. The van der Waals surface area contributed by atoms with Crippen molar-refractivity contribution in [2.24, 2.45) is 4.99 Å². The van der Waals surface area contributed by atoms with Crippen LogP contribution < -0.4 is 5.32 Å². The molecule has 0 spiro atoms. The molecule has 0 unspecified atom stereocenters. The van der Waals surface area contributed by atoms with Crippen LogP contribution in [0.25, 0.3) is 11.5 Å². The molecule has 0 aliphatic carbocycles. The molecule has 28 heavy (non-hydrogen) atoms. The number of aliphatic imine (C=N–C) groups is 1. The van der Waals surface area contributed by atoms with Crippen LogP contribution in [-0.4, -0.2) is 15.9 Å². The van der Waals surface area contributed by atoms with Crippen LogP contribution in [0.15, 0.2) is 94.3 Å². The first-order valence-corrected chi connectivity index (χ1v) is 8.92. The van der Waals surface area contributed by atoms with Gasteiger partial charge < -0.3 is 14.8 Å². The number of benzene rings is 3. The number of amidine groups is 1. The van der Waals surface area contributed by atoms with Gasteiger partial charge in [0.25, 0.3) is 0 Å². The third kappa shape index (κ3) is 3.94. The highest BCUT2D eigenvalue weighted by Crippen LogP contribution is 2.28. The summed E-state index contributed by atoms with van der Waals surface area (Å²) in [5.41, 5.74) is 3.74. The van der Waals surface area contributed by atoms with Gasteiger partial charge in [-0.1, -0.05) is 54.1 Å². The molecule has 0 amide bonds. The van der Waals surface area contributed by atoms with Crippen molar-refractivity contribution in [3.8, 4) is 17.4 Å². The lowest BCUT2D eigenvalue weighted by Gasteiger charge is -2.08. The number of rotatable bonds is 4. The van der Waals surface area contributed by atoms with E-state index in [1.807, 2.05) is 91.9 Å². The number of nitrogens with zero attached hydrogens (tertiary/aromatic N) is 2. The second-order valence-electron chi connectivity index (χ2n) is 6.33. The molecule has 0 aliphatic rings. The third-order valence-electron chi connectivity index (χ3n) is 4.17. The zero-order chi connectivity index (χ0) is 19.3. The van der Waals surface area contributed by atoms with E-state index in [9.17, 15) is 5.11 Å². The van der Waals surface area contributed by atoms with E-state index >= 15 is 0 Å². The number of para-hydroxylation sites is 2. The summed E-state index contributed by atoms with van der Waals surface area (Å²) in [5, 5.41) is 13.6. The molecule has 1 heterocycles. The molecule has 138 valence electrons. The Hall–Kier alpha value is -3.86. The minimum absolute atomic E-state index is 0.253. The van der Waals surface area contributed by atoms with E-state index in [0.717, 1.165) is 22.5 Å². The van der Waals surface area contributed by atoms with Crippen LogP contribution in [-0.2, 0) is 0 Å². The van der Waals surface area contributed by atoms with Gasteiger partial charge in [-0.25, -0.2) is 9.98 Å². The number of hydrogen-bond acceptors (Lipinski definition) is 4. The van der Waals surface area contributed by atoms with Crippen molar-refractivity contribution < 1.29 is 9.52 Å². The van der Waals surface area contributed by atoms with Crippen molar-refractivity contribution in [1.29, 1.82) is 0 Å². The molecule has 5 nitrogen and oxygen atoms in total.